The standard InChI is InChI=1S/C22H25N5O3S2/c1-26(2)14-10-8-13(9-11-14)19-24-25-22(27(19)3)31-12-17(28)23-20-18(21(29)30-4)15-6-5-7-16(15)32-20/h8-11H,5-7,12H2,1-4H3,(H,23,28). The van der Waals surface area contributed by atoms with E-state index in [2.05, 4.69) is 15.5 Å². The van der Waals surface area contributed by atoms with Crippen LogP contribution in [0.15, 0.2) is 29.4 Å². The number of ether oxygens (including phenoxy) is 1. The molecule has 1 aliphatic carbocycles. The number of amides is 1. The zero-order chi connectivity index (χ0) is 22.8. The van der Waals surface area contributed by atoms with E-state index in [1.807, 2.05) is 54.9 Å². The number of aromatic nitrogens is 3. The number of methoxy groups -OCH3 is 1. The van der Waals surface area contributed by atoms with E-state index in [0.717, 1.165) is 46.8 Å². The maximum atomic E-state index is 12.6. The van der Waals surface area contributed by atoms with Crippen molar-refractivity contribution >= 4 is 45.7 Å². The molecule has 0 unspecified atom stereocenters. The predicted octanol–water partition coefficient (Wildman–Crippen LogP) is 3.62. The normalized spacial score (nSPS) is 12.5. The van der Waals surface area contributed by atoms with Gasteiger partial charge in [0.25, 0.3) is 0 Å². The van der Waals surface area contributed by atoms with Gasteiger partial charge >= 0.3 is 5.97 Å². The van der Waals surface area contributed by atoms with Crippen molar-refractivity contribution in [1.82, 2.24) is 14.8 Å². The van der Waals surface area contributed by atoms with Crippen molar-refractivity contribution < 1.29 is 14.3 Å². The molecule has 32 heavy (non-hydrogen) atoms. The molecule has 1 aromatic carbocycles. The number of thiophene rings is 1. The summed E-state index contributed by atoms with van der Waals surface area (Å²) in [5.41, 5.74) is 3.58. The first-order valence-corrected chi connectivity index (χ1v) is 12.0. The number of benzene rings is 1. The predicted molar refractivity (Wildman–Crippen MR) is 128 cm³/mol. The van der Waals surface area contributed by atoms with Gasteiger partial charge in [-0.3, -0.25) is 4.79 Å². The molecule has 0 atom stereocenters. The van der Waals surface area contributed by atoms with E-state index in [9.17, 15) is 9.59 Å². The van der Waals surface area contributed by atoms with E-state index < -0.39 is 5.97 Å². The highest BCUT2D eigenvalue weighted by Gasteiger charge is 2.28. The maximum absolute atomic E-state index is 12.6. The second kappa shape index (κ2) is 9.33. The number of carbonyl (C=O) groups excluding carboxylic acids is 2. The molecule has 3 aromatic rings. The lowest BCUT2D eigenvalue weighted by molar-refractivity contribution is -0.113. The molecule has 10 heteroatoms. The van der Waals surface area contributed by atoms with Crippen molar-refractivity contribution in [2.45, 2.75) is 24.4 Å². The van der Waals surface area contributed by atoms with Crippen molar-refractivity contribution in [3.63, 3.8) is 0 Å². The summed E-state index contributed by atoms with van der Waals surface area (Å²) in [4.78, 5) is 28.1. The molecular weight excluding hydrogens is 446 g/mol. The Balaban J connectivity index is 1.43. The van der Waals surface area contributed by atoms with Crippen molar-refractivity contribution in [3.05, 3.63) is 40.3 Å². The molecule has 0 fully saturated rings. The minimum atomic E-state index is -0.398. The Kier molecular flexibility index (Phi) is 6.52. The van der Waals surface area contributed by atoms with Crippen LogP contribution >= 0.6 is 23.1 Å². The van der Waals surface area contributed by atoms with Crippen molar-refractivity contribution in [2.75, 3.05) is 37.2 Å². The molecule has 1 N–H and O–H groups in total. The summed E-state index contributed by atoms with van der Waals surface area (Å²) in [5.74, 6) is 0.306. The molecule has 4 rings (SSSR count). The molecule has 0 radical (unpaired) electrons. The van der Waals surface area contributed by atoms with Crippen LogP contribution in [0.2, 0.25) is 0 Å². The van der Waals surface area contributed by atoms with Gasteiger partial charge in [0.1, 0.15) is 5.00 Å². The van der Waals surface area contributed by atoms with E-state index in [4.69, 9.17) is 4.74 Å². The average molecular weight is 472 g/mol. The fourth-order valence-electron chi connectivity index (χ4n) is 3.70. The van der Waals surface area contributed by atoms with Gasteiger partial charge in [0.05, 0.1) is 18.4 Å². The smallest absolute Gasteiger partial charge is 0.341 e. The second-order valence-corrected chi connectivity index (χ2v) is 9.74. The Morgan fingerprint density at radius 3 is 2.66 bits per heavy atom. The number of carbonyl (C=O) groups is 2. The average Bonchev–Trinajstić information content (AvgIpc) is 3.46. The number of hydrogen-bond donors (Lipinski definition) is 1. The summed E-state index contributed by atoms with van der Waals surface area (Å²) in [6, 6.07) is 8.07. The van der Waals surface area contributed by atoms with E-state index in [-0.39, 0.29) is 11.7 Å². The van der Waals surface area contributed by atoms with Crippen molar-refractivity contribution in [2.24, 2.45) is 7.05 Å². The van der Waals surface area contributed by atoms with Crippen LogP contribution in [0.4, 0.5) is 10.7 Å². The molecular formula is C22H25N5O3S2. The van der Waals surface area contributed by atoms with Gasteiger partial charge in [0.15, 0.2) is 11.0 Å². The van der Waals surface area contributed by atoms with Gasteiger partial charge in [0, 0.05) is 37.3 Å². The van der Waals surface area contributed by atoms with Gasteiger partial charge in [-0.1, -0.05) is 11.8 Å². The first-order chi connectivity index (χ1) is 15.4. The van der Waals surface area contributed by atoms with Crippen LogP contribution in [0.5, 0.6) is 0 Å². The number of fused-ring (bicyclic) bond motifs is 1. The topological polar surface area (TPSA) is 89.3 Å². The summed E-state index contributed by atoms with van der Waals surface area (Å²) in [7, 11) is 7.24. The van der Waals surface area contributed by atoms with Gasteiger partial charge in [-0.05, 0) is 49.1 Å². The van der Waals surface area contributed by atoms with Crippen LogP contribution in [-0.4, -0.2) is 53.6 Å². The van der Waals surface area contributed by atoms with Crippen LogP contribution in [0, 0.1) is 0 Å². The molecule has 2 aromatic heterocycles. The summed E-state index contributed by atoms with van der Waals surface area (Å²) in [5, 5.41) is 12.7. The molecule has 168 valence electrons. The molecule has 8 nitrogen and oxygen atoms in total. The molecule has 2 heterocycles. The molecule has 1 amide bonds. The SMILES string of the molecule is COC(=O)c1c(NC(=O)CSc2nnc(-c3ccc(N(C)C)cc3)n2C)sc2c1CCC2. The molecule has 0 saturated carbocycles. The number of rotatable bonds is 7. The monoisotopic (exact) mass is 471 g/mol. The van der Waals surface area contributed by atoms with E-state index >= 15 is 0 Å². The molecule has 1 aliphatic rings. The lowest BCUT2D eigenvalue weighted by Gasteiger charge is -2.12. The summed E-state index contributed by atoms with van der Waals surface area (Å²) in [6.07, 6.45) is 2.81. The first kappa shape index (κ1) is 22.3. The van der Waals surface area contributed by atoms with Crippen LogP contribution in [0.3, 0.4) is 0 Å². The van der Waals surface area contributed by atoms with Crippen LogP contribution < -0.4 is 10.2 Å². The van der Waals surface area contributed by atoms with Gasteiger partial charge in [-0.15, -0.1) is 21.5 Å². The highest BCUT2D eigenvalue weighted by Crippen LogP contribution is 2.39. The Labute approximate surface area is 195 Å². The van der Waals surface area contributed by atoms with E-state index in [1.165, 1.54) is 30.2 Å². The third-order valence-corrected chi connectivity index (χ3v) is 7.60. The molecule has 0 spiro atoms. The van der Waals surface area contributed by atoms with E-state index in [0.29, 0.717) is 15.7 Å². The first-order valence-electron chi connectivity index (χ1n) is 10.2. The van der Waals surface area contributed by atoms with Gasteiger partial charge < -0.3 is 19.5 Å². The number of nitrogens with zero attached hydrogens (tertiary/aromatic N) is 4. The highest BCUT2D eigenvalue weighted by atomic mass is 32.2. The summed E-state index contributed by atoms with van der Waals surface area (Å²) >= 11 is 2.78. The van der Waals surface area contributed by atoms with Crippen molar-refractivity contribution in [3.8, 4) is 11.4 Å². The number of nitrogens with one attached hydrogen (secondary N) is 1. The molecule has 0 saturated heterocycles. The number of anilines is 2. The zero-order valence-corrected chi connectivity index (χ0v) is 20.1. The van der Waals surface area contributed by atoms with Gasteiger partial charge in [-0.25, -0.2) is 4.79 Å². The lowest BCUT2D eigenvalue weighted by Crippen LogP contribution is -2.16. The molecule has 0 bridgehead atoms. The van der Waals surface area contributed by atoms with Crippen LogP contribution in [0.1, 0.15) is 27.2 Å². The Morgan fingerprint density at radius 1 is 1.22 bits per heavy atom. The maximum Gasteiger partial charge on any atom is 0.341 e. The number of thioether (sulfide) groups is 1. The number of hydrogen-bond acceptors (Lipinski definition) is 8. The number of esters is 1. The van der Waals surface area contributed by atoms with Crippen molar-refractivity contribution in [1.29, 1.82) is 0 Å². The summed E-state index contributed by atoms with van der Waals surface area (Å²) in [6.45, 7) is 0. The summed E-state index contributed by atoms with van der Waals surface area (Å²) < 4.78 is 6.82. The Hall–Kier alpha value is -2.85. The highest BCUT2D eigenvalue weighted by molar-refractivity contribution is 7.99. The molecule has 0 aliphatic heterocycles. The second-order valence-electron chi connectivity index (χ2n) is 7.70. The fraction of sp³-hybridized carbons (Fsp3) is 0.364. The van der Waals surface area contributed by atoms with Crippen LogP contribution in [-0.2, 0) is 29.4 Å². The Morgan fingerprint density at radius 2 is 1.97 bits per heavy atom. The van der Waals surface area contributed by atoms with Gasteiger partial charge in [-0.2, -0.15) is 0 Å². The van der Waals surface area contributed by atoms with Gasteiger partial charge in [0.2, 0.25) is 5.91 Å². The third kappa shape index (κ3) is 4.37. The largest absolute Gasteiger partial charge is 0.465 e. The fourth-order valence-corrected chi connectivity index (χ4v) is 5.71. The lowest BCUT2D eigenvalue weighted by atomic mass is 10.1. The zero-order valence-electron chi connectivity index (χ0n) is 18.5. The van der Waals surface area contributed by atoms with E-state index in [1.54, 1.807) is 0 Å². The minimum absolute atomic E-state index is 0.161. The third-order valence-electron chi connectivity index (χ3n) is 5.37. The quantitative estimate of drug-likeness (QED) is 0.416. The minimum Gasteiger partial charge on any atom is -0.465 e. The Bertz CT molecular complexity index is 1150. The van der Waals surface area contributed by atoms with Crippen LogP contribution in [0.25, 0.3) is 11.4 Å². The number of aryl methyl sites for hydroxylation is 1.